The van der Waals surface area contributed by atoms with E-state index in [-0.39, 0.29) is 5.56 Å². The Morgan fingerprint density at radius 3 is 2.56 bits per heavy atom. The minimum Gasteiger partial charge on any atom is -0.497 e. The van der Waals surface area contributed by atoms with Crippen LogP contribution in [0.4, 0.5) is 5.82 Å². The van der Waals surface area contributed by atoms with E-state index in [2.05, 4.69) is 10.3 Å². The Bertz CT molecular complexity index is 924. The van der Waals surface area contributed by atoms with Gasteiger partial charge in [0.15, 0.2) is 0 Å². The number of anilines is 1. The van der Waals surface area contributed by atoms with Crippen LogP contribution in [0.3, 0.4) is 0 Å². The molecule has 6 nitrogen and oxygen atoms in total. The number of carboxylic acid groups (broad SMARTS) is 1. The van der Waals surface area contributed by atoms with Crippen LogP contribution in [0.15, 0.2) is 48.5 Å². The molecular weight excluding hydrogens is 320 g/mol. The van der Waals surface area contributed by atoms with Crippen LogP contribution in [0.2, 0.25) is 0 Å². The Kier molecular flexibility index (Phi) is 4.70. The fourth-order valence-corrected chi connectivity index (χ4v) is 2.54. The number of hydrogen-bond acceptors (Lipinski definition) is 5. The molecule has 0 saturated carbocycles. The van der Waals surface area contributed by atoms with E-state index in [1.54, 1.807) is 38.5 Å². The molecule has 0 saturated heterocycles. The minimum absolute atomic E-state index is 0.126. The van der Waals surface area contributed by atoms with Crippen LogP contribution in [0.1, 0.15) is 15.9 Å². The first-order chi connectivity index (χ1) is 12.1. The Labute approximate surface area is 145 Å². The average Bonchev–Trinajstić information content (AvgIpc) is 2.65. The highest BCUT2D eigenvalue weighted by Gasteiger charge is 2.14. The number of benzene rings is 2. The highest BCUT2D eigenvalue weighted by Crippen LogP contribution is 2.25. The van der Waals surface area contributed by atoms with Crippen molar-refractivity contribution in [3.05, 3.63) is 59.7 Å². The fourth-order valence-electron chi connectivity index (χ4n) is 2.54. The van der Waals surface area contributed by atoms with Crippen molar-refractivity contribution in [2.75, 3.05) is 19.5 Å². The van der Waals surface area contributed by atoms with Crippen LogP contribution in [0.5, 0.6) is 11.5 Å². The maximum absolute atomic E-state index is 11.6. The monoisotopic (exact) mass is 338 g/mol. The lowest BCUT2D eigenvalue weighted by Gasteiger charge is -2.11. The summed E-state index contributed by atoms with van der Waals surface area (Å²) >= 11 is 0. The van der Waals surface area contributed by atoms with Crippen molar-refractivity contribution in [3.8, 4) is 11.5 Å². The lowest BCUT2D eigenvalue weighted by atomic mass is 10.1. The highest BCUT2D eigenvalue weighted by atomic mass is 16.5. The summed E-state index contributed by atoms with van der Waals surface area (Å²) in [5.74, 6) is 0.699. The van der Waals surface area contributed by atoms with E-state index in [4.69, 9.17) is 9.47 Å². The first-order valence-electron chi connectivity index (χ1n) is 7.69. The number of fused-ring (bicyclic) bond motifs is 1. The molecule has 0 atom stereocenters. The van der Waals surface area contributed by atoms with Gasteiger partial charge in [-0.25, -0.2) is 9.78 Å². The van der Waals surface area contributed by atoms with Crippen LogP contribution in [0.25, 0.3) is 10.9 Å². The molecule has 2 N–H and O–H groups in total. The van der Waals surface area contributed by atoms with E-state index in [1.807, 2.05) is 24.3 Å². The molecule has 0 fully saturated rings. The predicted octanol–water partition coefficient (Wildman–Crippen LogP) is 3.56. The van der Waals surface area contributed by atoms with Gasteiger partial charge in [-0.05, 0) is 35.9 Å². The van der Waals surface area contributed by atoms with Gasteiger partial charge in [-0.2, -0.15) is 0 Å². The number of nitrogens with zero attached hydrogens (tertiary/aromatic N) is 1. The van der Waals surface area contributed by atoms with Gasteiger partial charge in [0, 0.05) is 18.0 Å². The van der Waals surface area contributed by atoms with E-state index >= 15 is 0 Å². The topological polar surface area (TPSA) is 80.7 Å². The van der Waals surface area contributed by atoms with E-state index in [1.165, 1.54) is 0 Å². The zero-order chi connectivity index (χ0) is 17.8. The van der Waals surface area contributed by atoms with Gasteiger partial charge in [0.2, 0.25) is 0 Å². The summed E-state index contributed by atoms with van der Waals surface area (Å²) in [5, 5.41) is 13.3. The average molecular weight is 338 g/mol. The molecule has 0 bridgehead atoms. The summed E-state index contributed by atoms with van der Waals surface area (Å²) in [5.41, 5.74) is 1.75. The van der Waals surface area contributed by atoms with E-state index < -0.39 is 5.97 Å². The number of pyridine rings is 1. The number of hydrogen-bond donors (Lipinski definition) is 2. The van der Waals surface area contributed by atoms with Gasteiger partial charge in [0.05, 0.1) is 19.7 Å². The molecule has 25 heavy (non-hydrogen) atoms. The van der Waals surface area contributed by atoms with E-state index in [9.17, 15) is 9.90 Å². The van der Waals surface area contributed by atoms with Crippen molar-refractivity contribution < 1.29 is 19.4 Å². The molecule has 0 radical (unpaired) electrons. The summed E-state index contributed by atoms with van der Waals surface area (Å²) in [6, 6.07) is 14.5. The van der Waals surface area contributed by atoms with Gasteiger partial charge in [-0.3, -0.25) is 0 Å². The Morgan fingerprint density at radius 1 is 1.08 bits per heavy atom. The third-order valence-electron chi connectivity index (χ3n) is 3.85. The molecule has 0 aliphatic heterocycles. The van der Waals surface area contributed by atoms with Gasteiger partial charge in [-0.1, -0.05) is 12.1 Å². The van der Waals surface area contributed by atoms with Gasteiger partial charge in [0.25, 0.3) is 0 Å². The maximum atomic E-state index is 11.6. The van der Waals surface area contributed by atoms with E-state index in [0.717, 1.165) is 16.7 Å². The van der Waals surface area contributed by atoms with Crippen molar-refractivity contribution in [2.24, 2.45) is 0 Å². The first-order valence-corrected chi connectivity index (χ1v) is 7.69. The second-order valence-corrected chi connectivity index (χ2v) is 5.45. The van der Waals surface area contributed by atoms with Gasteiger partial charge in [-0.15, -0.1) is 0 Å². The van der Waals surface area contributed by atoms with Crippen molar-refractivity contribution in [2.45, 2.75) is 6.54 Å². The number of nitrogens with one attached hydrogen (secondary N) is 1. The Balaban J connectivity index is 1.94. The first kappa shape index (κ1) is 16.6. The molecule has 0 spiro atoms. The fraction of sp³-hybridized carbons (Fsp3) is 0.158. The zero-order valence-electron chi connectivity index (χ0n) is 13.9. The molecular formula is C19H18N2O4. The highest BCUT2D eigenvalue weighted by molar-refractivity contribution is 5.98. The predicted molar refractivity (Wildman–Crippen MR) is 95.6 cm³/mol. The van der Waals surface area contributed by atoms with Crippen molar-refractivity contribution >= 4 is 22.7 Å². The molecule has 2 aromatic carbocycles. The molecule has 1 heterocycles. The number of rotatable bonds is 6. The molecule has 0 unspecified atom stereocenters. The van der Waals surface area contributed by atoms with Crippen LogP contribution < -0.4 is 14.8 Å². The number of aromatic nitrogens is 1. The van der Waals surface area contributed by atoms with Gasteiger partial charge >= 0.3 is 5.97 Å². The summed E-state index contributed by atoms with van der Waals surface area (Å²) in [4.78, 5) is 16.0. The molecule has 0 amide bonds. The Morgan fingerprint density at radius 2 is 1.84 bits per heavy atom. The summed E-state index contributed by atoms with van der Waals surface area (Å²) in [6.07, 6.45) is 0. The lowest BCUT2D eigenvalue weighted by Crippen LogP contribution is -2.09. The van der Waals surface area contributed by atoms with Crippen LogP contribution in [-0.2, 0) is 6.54 Å². The maximum Gasteiger partial charge on any atom is 0.339 e. The SMILES string of the molecule is COc1cccc(CNc2nc3cc(OC)ccc3cc2C(=O)O)c1. The quantitative estimate of drug-likeness (QED) is 0.715. The van der Waals surface area contributed by atoms with Crippen molar-refractivity contribution in [1.29, 1.82) is 0 Å². The minimum atomic E-state index is -1.03. The molecule has 0 aliphatic rings. The summed E-state index contributed by atoms with van der Waals surface area (Å²) in [7, 11) is 3.18. The third kappa shape index (κ3) is 3.63. The molecule has 0 aliphatic carbocycles. The van der Waals surface area contributed by atoms with Crippen LogP contribution >= 0.6 is 0 Å². The van der Waals surface area contributed by atoms with Crippen molar-refractivity contribution in [1.82, 2.24) is 4.98 Å². The second kappa shape index (κ2) is 7.09. The summed E-state index contributed by atoms with van der Waals surface area (Å²) < 4.78 is 10.4. The number of aromatic carboxylic acids is 1. The third-order valence-corrected chi connectivity index (χ3v) is 3.85. The Hall–Kier alpha value is -3.28. The van der Waals surface area contributed by atoms with E-state index in [0.29, 0.717) is 23.6 Å². The lowest BCUT2D eigenvalue weighted by molar-refractivity contribution is 0.0697. The van der Waals surface area contributed by atoms with Crippen molar-refractivity contribution in [3.63, 3.8) is 0 Å². The molecule has 128 valence electrons. The number of methoxy groups -OCH3 is 2. The molecule has 3 rings (SSSR count). The smallest absolute Gasteiger partial charge is 0.339 e. The molecule has 6 heteroatoms. The standard InChI is InChI=1S/C19H18N2O4/c1-24-14-5-3-4-12(8-14)11-20-18-16(19(22)23)9-13-6-7-15(25-2)10-17(13)21-18/h3-10H,11H2,1-2H3,(H,20,21)(H,22,23). The normalized spacial score (nSPS) is 10.5. The summed E-state index contributed by atoms with van der Waals surface area (Å²) in [6.45, 7) is 0.431. The largest absolute Gasteiger partial charge is 0.497 e. The van der Waals surface area contributed by atoms with Crippen LogP contribution in [-0.4, -0.2) is 30.3 Å². The number of ether oxygens (including phenoxy) is 2. The number of carbonyl (C=O) groups is 1. The molecule has 3 aromatic rings. The number of carboxylic acids is 1. The zero-order valence-corrected chi connectivity index (χ0v) is 13.9. The van der Waals surface area contributed by atoms with Gasteiger partial charge in [0.1, 0.15) is 22.9 Å². The second-order valence-electron chi connectivity index (χ2n) is 5.45. The molecule has 1 aromatic heterocycles. The van der Waals surface area contributed by atoms with Gasteiger partial charge < -0.3 is 19.9 Å². The van der Waals surface area contributed by atoms with Crippen LogP contribution in [0, 0.1) is 0 Å².